The Morgan fingerprint density at radius 3 is 2.74 bits per heavy atom. The fourth-order valence-corrected chi connectivity index (χ4v) is 4.35. The first-order valence-corrected chi connectivity index (χ1v) is 12.2. The second kappa shape index (κ2) is 9.74. The predicted octanol–water partition coefficient (Wildman–Crippen LogP) is 5.37. The van der Waals surface area contributed by atoms with E-state index >= 15 is 0 Å². The number of hydrogen-bond acceptors (Lipinski definition) is 7. The molecule has 6 aromatic rings. The van der Waals surface area contributed by atoms with Crippen LogP contribution in [0.4, 0.5) is 5.69 Å². The lowest BCUT2D eigenvalue weighted by molar-refractivity contribution is -0.116. The van der Waals surface area contributed by atoms with E-state index in [4.69, 9.17) is 14.7 Å². The summed E-state index contributed by atoms with van der Waals surface area (Å²) < 4.78 is 5.38. The zero-order valence-corrected chi connectivity index (χ0v) is 20.8. The minimum absolute atomic E-state index is 0.0420. The van der Waals surface area contributed by atoms with Crippen LogP contribution < -0.4 is 10.1 Å². The maximum absolute atomic E-state index is 12.0. The Kier molecular flexibility index (Phi) is 5.97. The molecule has 3 N–H and O–H groups in total. The van der Waals surface area contributed by atoms with Crippen molar-refractivity contribution in [1.29, 1.82) is 0 Å². The first-order valence-electron chi connectivity index (χ1n) is 12.2. The number of imidazole rings is 1. The smallest absolute Gasteiger partial charge is 0.224 e. The third-order valence-corrected chi connectivity index (χ3v) is 6.17. The number of H-pyrrole nitrogens is 2. The number of aromatic nitrogens is 7. The van der Waals surface area contributed by atoms with Crippen LogP contribution >= 0.6 is 0 Å². The van der Waals surface area contributed by atoms with Gasteiger partial charge in [0.15, 0.2) is 11.5 Å². The highest BCUT2D eigenvalue weighted by Gasteiger charge is 2.18. The standard InChI is InChI=1S/C28H24N8O2/c1-3-5-23(37)31-18-12-17(14-29-15-18)20-8-9-22-26(32-20)27(36-35-22)28-33-21-10-11-30-24(25(21)34-28)16-6-4-7-19(13-16)38-2/h4,6-15H,3,5H2,1-2H3,(H,31,37)(H,33,34)(H,35,36). The Morgan fingerprint density at radius 2 is 1.87 bits per heavy atom. The molecule has 5 aromatic heterocycles. The molecule has 0 bridgehead atoms. The maximum atomic E-state index is 12.0. The molecule has 5 heterocycles. The van der Waals surface area contributed by atoms with Crippen LogP contribution in [0.25, 0.3) is 56.1 Å². The molecule has 1 aromatic carbocycles. The lowest BCUT2D eigenvalue weighted by atomic mass is 10.1. The van der Waals surface area contributed by atoms with E-state index in [1.54, 1.807) is 25.7 Å². The number of ether oxygens (including phenoxy) is 1. The minimum atomic E-state index is -0.0420. The average molecular weight is 505 g/mol. The lowest BCUT2D eigenvalue weighted by Gasteiger charge is -2.06. The Balaban J connectivity index is 1.40. The number of nitrogens with one attached hydrogen (secondary N) is 3. The Bertz CT molecular complexity index is 1790. The first kappa shape index (κ1) is 23.3. The number of rotatable bonds is 7. The molecule has 0 saturated carbocycles. The molecule has 0 saturated heterocycles. The van der Waals surface area contributed by atoms with E-state index in [1.807, 2.05) is 55.5 Å². The van der Waals surface area contributed by atoms with Crippen LogP contribution in [0, 0.1) is 0 Å². The summed E-state index contributed by atoms with van der Waals surface area (Å²) in [7, 11) is 1.64. The van der Waals surface area contributed by atoms with Crippen molar-refractivity contribution in [2.45, 2.75) is 19.8 Å². The van der Waals surface area contributed by atoms with Gasteiger partial charge in [0.2, 0.25) is 5.91 Å². The zero-order valence-electron chi connectivity index (χ0n) is 20.8. The molecule has 0 radical (unpaired) electrons. The second-order valence-electron chi connectivity index (χ2n) is 8.80. The van der Waals surface area contributed by atoms with Crippen molar-refractivity contribution in [3.8, 4) is 39.8 Å². The van der Waals surface area contributed by atoms with Gasteiger partial charge >= 0.3 is 0 Å². The summed E-state index contributed by atoms with van der Waals surface area (Å²) in [6, 6.07) is 15.3. The van der Waals surface area contributed by atoms with Gasteiger partial charge in [0.25, 0.3) is 0 Å². The molecule has 0 aliphatic rings. The van der Waals surface area contributed by atoms with Gasteiger partial charge in [-0.3, -0.25) is 19.9 Å². The number of carbonyl (C=O) groups excluding carboxylic acids is 1. The van der Waals surface area contributed by atoms with Crippen LogP contribution in [0.15, 0.2) is 67.1 Å². The molecule has 188 valence electrons. The van der Waals surface area contributed by atoms with Crippen molar-refractivity contribution in [1.82, 2.24) is 35.1 Å². The molecule has 1 amide bonds. The van der Waals surface area contributed by atoms with Gasteiger partial charge < -0.3 is 15.0 Å². The monoisotopic (exact) mass is 504 g/mol. The van der Waals surface area contributed by atoms with Crippen LogP contribution in [0.1, 0.15) is 19.8 Å². The van der Waals surface area contributed by atoms with E-state index in [2.05, 4.69) is 30.5 Å². The molecule has 0 spiro atoms. The van der Waals surface area contributed by atoms with Gasteiger partial charge in [-0.05, 0) is 42.8 Å². The number of carbonyl (C=O) groups is 1. The molecular weight excluding hydrogens is 480 g/mol. The Morgan fingerprint density at radius 1 is 0.974 bits per heavy atom. The number of methoxy groups -OCH3 is 1. The van der Waals surface area contributed by atoms with Crippen LogP contribution in [-0.4, -0.2) is 48.1 Å². The van der Waals surface area contributed by atoms with Crippen LogP contribution in [0.3, 0.4) is 0 Å². The average Bonchev–Trinajstić information content (AvgIpc) is 3.57. The highest BCUT2D eigenvalue weighted by atomic mass is 16.5. The van der Waals surface area contributed by atoms with Crippen molar-refractivity contribution < 1.29 is 9.53 Å². The first-order chi connectivity index (χ1) is 18.6. The van der Waals surface area contributed by atoms with Gasteiger partial charge in [-0.25, -0.2) is 9.97 Å². The number of hydrogen-bond donors (Lipinski definition) is 3. The second-order valence-corrected chi connectivity index (χ2v) is 8.80. The highest BCUT2D eigenvalue weighted by Crippen LogP contribution is 2.32. The van der Waals surface area contributed by atoms with Gasteiger partial charge in [-0.1, -0.05) is 19.1 Å². The molecule has 10 heteroatoms. The minimum Gasteiger partial charge on any atom is -0.497 e. The number of amides is 1. The molecule has 0 aliphatic heterocycles. The van der Waals surface area contributed by atoms with Crippen LogP contribution in [0.5, 0.6) is 5.75 Å². The van der Waals surface area contributed by atoms with Gasteiger partial charge in [0, 0.05) is 29.9 Å². The molecule has 0 fully saturated rings. The number of aromatic amines is 2. The molecule has 0 aliphatic carbocycles. The molecule has 0 unspecified atom stereocenters. The topological polar surface area (TPSA) is 134 Å². The number of pyridine rings is 3. The Hall–Kier alpha value is -5.12. The summed E-state index contributed by atoms with van der Waals surface area (Å²) in [5.74, 6) is 1.28. The van der Waals surface area contributed by atoms with Crippen molar-refractivity contribution in [2.75, 3.05) is 12.4 Å². The number of fused-ring (bicyclic) bond motifs is 2. The third kappa shape index (κ3) is 4.32. The highest BCUT2D eigenvalue weighted by molar-refractivity contribution is 5.95. The molecule has 6 rings (SSSR count). The lowest BCUT2D eigenvalue weighted by Crippen LogP contribution is -2.10. The van der Waals surface area contributed by atoms with Crippen molar-refractivity contribution in [3.05, 3.63) is 67.1 Å². The van der Waals surface area contributed by atoms with Crippen LogP contribution in [-0.2, 0) is 4.79 Å². The van der Waals surface area contributed by atoms with E-state index < -0.39 is 0 Å². The van der Waals surface area contributed by atoms with Gasteiger partial charge in [-0.2, -0.15) is 5.10 Å². The summed E-state index contributed by atoms with van der Waals surface area (Å²) >= 11 is 0. The van der Waals surface area contributed by atoms with Crippen LogP contribution in [0.2, 0.25) is 0 Å². The summed E-state index contributed by atoms with van der Waals surface area (Å²) in [5.41, 5.74) is 7.34. The van der Waals surface area contributed by atoms with Crippen molar-refractivity contribution in [3.63, 3.8) is 0 Å². The third-order valence-electron chi connectivity index (χ3n) is 6.17. The van der Waals surface area contributed by atoms with E-state index in [0.29, 0.717) is 34.8 Å². The number of benzene rings is 1. The van der Waals surface area contributed by atoms with Gasteiger partial charge in [0.1, 0.15) is 16.8 Å². The maximum Gasteiger partial charge on any atom is 0.224 e. The quantitative estimate of drug-likeness (QED) is 0.266. The Labute approximate surface area is 217 Å². The van der Waals surface area contributed by atoms with E-state index in [0.717, 1.165) is 45.5 Å². The molecule has 10 nitrogen and oxygen atoms in total. The summed E-state index contributed by atoms with van der Waals surface area (Å²) in [6.45, 7) is 1.97. The van der Waals surface area contributed by atoms with Gasteiger partial charge in [0.05, 0.1) is 41.4 Å². The van der Waals surface area contributed by atoms with E-state index in [-0.39, 0.29) is 5.91 Å². The fourth-order valence-electron chi connectivity index (χ4n) is 4.35. The predicted molar refractivity (Wildman–Crippen MR) is 146 cm³/mol. The summed E-state index contributed by atoms with van der Waals surface area (Å²) in [5, 5.41) is 10.4. The fraction of sp³-hybridized carbons (Fsp3) is 0.143. The number of anilines is 1. The summed E-state index contributed by atoms with van der Waals surface area (Å²) in [6.07, 6.45) is 6.33. The van der Waals surface area contributed by atoms with Gasteiger partial charge in [-0.15, -0.1) is 0 Å². The summed E-state index contributed by atoms with van der Waals surface area (Å²) in [4.78, 5) is 34.0. The van der Waals surface area contributed by atoms with Crippen molar-refractivity contribution in [2.24, 2.45) is 0 Å². The normalized spacial score (nSPS) is 11.2. The molecule has 38 heavy (non-hydrogen) atoms. The van der Waals surface area contributed by atoms with Crippen molar-refractivity contribution >= 4 is 33.7 Å². The molecule has 0 atom stereocenters. The van der Waals surface area contributed by atoms with E-state index in [9.17, 15) is 4.79 Å². The SMILES string of the molecule is CCCC(=O)Nc1cncc(-c2ccc3[nH]nc(-c4nc5c(-c6cccc(OC)c6)nccc5[nH]4)c3n2)c1. The largest absolute Gasteiger partial charge is 0.497 e. The number of nitrogens with zero attached hydrogens (tertiary/aromatic N) is 5. The van der Waals surface area contributed by atoms with E-state index in [1.165, 1.54) is 0 Å². The molecular formula is C28H24N8O2. The zero-order chi connectivity index (χ0) is 26.1.